The maximum Gasteiger partial charge on any atom is 0.279 e. The van der Waals surface area contributed by atoms with Crippen molar-refractivity contribution >= 4 is 59.1 Å². The molecule has 0 unspecified atom stereocenters. The van der Waals surface area contributed by atoms with Crippen molar-refractivity contribution in [1.82, 2.24) is 4.57 Å². The van der Waals surface area contributed by atoms with Gasteiger partial charge in [-0.3, -0.25) is 9.10 Å². The lowest BCUT2D eigenvalue weighted by atomic mass is 10.2. The Morgan fingerprint density at radius 1 is 1.12 bits per heavy atom. The van der Waals surface area contributed by atoms with Gasteiger partial charge in [0.25, 0.3) is 15.9 Å². The van der Waals surface area contributed by atoms with Gasteiger partial charge in [0.05, 0.1) is 27.3 Å². The van der Waals surface area contributed by atoms with Crippen molar-refractivity contribution in [1.29, 1.82) is 0 Å². The van der Waals surface area contributed by atoms with Gasteiger partial charge >= 0.3 is 0 Å². The van der Waals surface area contributed by atoms with Crippen molar-refractivity contribution in [3.63, 3.8) is 0 Å². The molecule has 4 aromatic rings. The summed E-state index contributed by atoms with van der Waals surface area (Å²) in [6, 6.07) is 20.3. The van der Waals surface area contributed by atoms with Gasteiger partial charge in [-0.05, 0) is 54.6 Å². The number of carbonyl (C=O) groups excluding carboxylic acids is 1. The number of nitrogens with zero attached hydrogens (tertiary/aromatic N) is 3. The van der Waals surface area contributed by atoms with Crippen molar-refractivity contribution < 1.29 is 13.2 Å². The van der Waals surface area contributed by atoms with Crippen LogP contribution in [0.5, 0.6) is 0 Å². The first-order chi connectivity index (χ1) is 15.8. The van der Waals surface area contributed by atoms with Gasteiger partial charge in [-0.2, -0.15) is 4.99 Å². The van der Waals surface area contributed by atoms with Crippen molar-refractivity contribution in [3.8, 4) is 12.3 Å². The van der Waals surface area contributed by atoms with Gasteiger partial charge in [0.15, 0.2) is 4.80 Å². The van der Waals surface area contributed by atoms with Crippen LogP contribution in [-0.4, -0.2) is 25.9 Å². The van der Waals surface area contributed by atoms with Crippen LogP contribution in [0.2, 0.25) is 0 Å². The number of amides is 1. The Morgan fingerprint density at radius 2 is 1.82 bits per heavy atom. The zero-order chi connectivity index (χ0) is 23.6. The number of aromatic nitrogens is 1. The molecule has 0 saturated heterocycles. The molecule has 0 spiro atoms. The summed E-state index contributed by atoms with van der Waals surface area (Å²) in [6.45, 7) is 0.275. The highest BCUT2D eigenvalue weighted by Gasteiger charge is 2.21. The number of hydrogen-bond acceptors (Lipinski definition) is 4. The lowest BCUT2D eigenvalue weighted by molar-refractivity contribution is 0.0998. The Kier molecular flexibility index (Phi) is 6.51. The number of carbonyl (C=O) groups is 1. The molecule has 0 radical (unpaired) electrons. The maximum atomic E-state index is 12.9. The monoisotopic (exact) mass is 539 g/mol. The molecule has 166 valence electrons. The zero-order valence-electron chi connectivity index (χ0n) is 17.5. The van der Waals surface area contributed by atoms with Crippen LogP contribution in [0.25, 0.3) is 10.2 Å². The van der Waals surface area contributed by atoms with Gasteiger partial charge in [0.1, 0.15) is 0 Å². The molecule has 1 aromatic heterocycles. The van der Waals surface area contributed by atoms with E-state index < -0.39 is 15.9 Å². The summed E-state index contributed by atoms with van der Waals surface area (Å²) in [5, 5.41) is 0. The summed E-state index contributed by atoms with van der Waals surface area (Å²) < 4.78 is 30.7. The highest BCUT2D eigenvalue weighted by molar-refractivity contribution is 9.10. The molecule has 0 aliphatic rings. The summed E-state index contributed by atoms with van der Waals surface area (Å²) in [5.74, 6) is 2.11. The molecule has 3 aromatic carbocycles. The van der Waals surface area contributed by atoms with Crippen LogP contribution < -0.4 is 9.11 Å². The number of para-hydroxylation sites is 1. The van der Waals surface area contributed by atoms with Crippen LogP contribution in [0.15, 0.2) is 87.2 Å². The second-order valence-corrected chi connectivity index (χ2v) is 10.9. The molecule has 1 amide bonds. The van der Waals surface area contributed by atoms with Crippen LogP contribution >= 0.6 is 27.3 Å². The van der Waals surface area contributed by atoms with Gasteiger partial charge < -0.3 is 4.57 Å². The number of anilines is 1. The van der Waals surface area contributed by atoms with Crippen LogP contribution in [-0.2, 0) is 16.6 Å². The summed E-state index contributed by atoms with van der Waals surface area (Å²) >= 11 is 4.80. The first-order valence-electron chi connectivity index (χ1n) is 9.77. The first kappa shape index (κ1) is 23.0. The van der Waals surface area contributed by atoms with Gasteiger partial charge in [-0.1, -0.05) is 51.4 Å². The Bertz CT molecular complexity index is 1550. The number of hydrogen-bond donors (Lipinski definition) is 0. The largest absolute Gasteiger partial charge is 0.305 e. The lowest BCUT2D eigenvalue weighted by Gasteiger charge is -2.19. The average molecular weight is 540 g/mol. The summed E-state index contributed by atoms with van der Waals surface area (Å²) in [5.41, 5.74) is 1.71. The molecule has 6 nitrogen and oxygen atoms in total. The number of thiazole rings is 1. The molecular weight excluding hydrogens is 522 g/mol. The molecule has 0 saturated carbocycles. The lowest BCUT2D eigenvalue weighted by Crippen LogP contribution is -2.26. The normalized spacial score (nSPS) is 12.0. The van der Waals surface area contributed by atoms with Crippen molar-refractivity contribution in [3.05, 3.63) is 87.6 Å². The maximum absolute atomic E-state index is 12.9. The molecule has 0 aliphatic heterocycles. The molecular formula is C24H18BrN3O3S2. The fourth-order valence-electron chi connectivity index (χ4n) is 3.23. The summed E-state index contributed by atoms with van der Waals surface area (Å²) in [7, 11) is -2.28. The third kappa shape index (κ3) is 4.64. The smallest absolute Gasteiger partial charge is 0.279 e. The molecule has 9 heteroatoms. The number of terminal acetylenes is 1. The number of fused-ring (bicyclic) bond motifs is 1. The van der Waals surface area contributed by atoms with E-state index >= 15 is 0 Å². The fourth-order valence-corrected chi connectivity index (χ4v) is 6.01. The fraction of sp³-hybridized carbons (Fsp3) is 0.0833. The van der Waals surface area contributed by atoms with Gasteiger partial charge in [-0.25, -0.2) is 8.42 Å². The second kappa shape index (κ2) is 9.35. The van der Waals surface area contributed by atoms with Crippen LogP contribution in [0.1, 0.15) is 10.4 Å². The van der Waals surface area contributed by atoms with Crippen LogP contribution in [0, 0.1) is 12.3 Å². The third-order valence-electron chi connectivity index (χ3n) is 4.97. The van der Waals surface area contributed by atoms with E-state index in [-0.39, 0.29) is 17.0 Å². The Morgan fingerprint density at radius 3 is 2.48 bits per heavy atom. The summed E-state index contributed by atoms with van der Waals surface area (Å²) in [6.07, 6.45) is 5.51. The molecule has 0 N–H and O–H groups in total. The van der Waals surface area contributed by atoms with Gasteiger partial charge in [0.2, 0.25) is 0 Å². The Labute approximate surface area is 204 Å². The predicted molar refractivity (Wildman–Crippen MR) is 135 cm³/mol. The van der Waals surface area contributed by atoms with Gasteiger partial charge in [-0.15, -0.1) is 6.42 Å². The standard InChI is InChI=1S/C24H18BrN3O3S2/c1-3-15-28-21-14-11-18(25)16-22(21)32-24(28)26-23(29)17-9-12-20(13-10-17)33(30,31)27(2)19-7-5-4-6-8-19/h1,4-14,16H,15H2,2H3. The van der Waals surface area contributed by atoms with E-state index in [1.165, 1.54) is 47.0 Å². The SMILES string of the molecule is C#CCn1c(=NC(=O)c2ccc(S(=O)(=O)N(C)c3ccccc3)cc2)sc2cc(Br)ccc21. The minimum Gasteiger partial charge on any atom is -0.305 e. The number of rotatable bonds is 5. The van der Waals surface area contributed by atoms with E-state index in [4.69, 9.17) is 6.42 Å². The predicted octanol–water partition coefficient (Wildman–Crippen LogP) is 4.66. The van der Waals surface area contributed by atoms with E-state index in [2.05, 4.69) is 26.8 Å². The topological polar surface area (TPSA) is 71.7 Å². The molecule has 4 rings (SSSR count). The zero-order valence-corrected chi connectivity index (χ0v) is 20.7. The number of sulfonamides is 1. The first-order valence-corrected chi connectivity index (χ1v) is 12.8. The van der Waals surface area contributed by atoms with E-state index in [9.17, 15) is 13.2 Å². The van der Waals surface area contributed by atoms with Crippen LogP contribution in [0.3, 0.4) is 0 Å². The van der Waals surface area contributed by atoms with Crippen LogP contribution in [0.4, 0.5) is 5.69 Å². The van der Waals surface area contributed by atoms with E-state index in [0.29, 0.717) is 10.5 Å². The summed E-state index contributed by atoms with van der Waals surface area (Å²) in [4.78, 5) is 17.7. The molecule has 0 aliphatic carbocycles. The minimum absolute atomic E-state index is 0.0829. The highest BCUT2D eigenvalue weighted by atomic mass is 79.9. The van der Waals surface area contributed by atoms with E-state index in [1.54, 1.807) is 28.8 Å². The second-order valence-electron chi connectivity index (χ2n) is 7.04. The molecule has 0 bridgehead atoms. The minimum atomic E-state index is -3.77. The molecule has 1 heterocycles. The highest BCUT2D eigenvalue weighted by Crippen LogP contribution is 2.23. The van der Waals surface area contributed by atoms with E-state index in [0.717, 1.165) is 14.7 Å². The molecule has 0 fully saturated rings. The number of benzene rings is 3. The molecule has 0 atom stereocenters. The Hall–Kier alpha value is -3.19. The third-order valence-corrected chi connectivity index (χ3v) is 8.31. The van der Waals surface area contributed by atoms with Crippen molar-refractivity contribution in [2.45, 2.75) is 11.4 Å². The van der Waals surface area contributed by atoms with Crippen molar-refractivity contribution in [2.24, 2.45) is 4.99 Å². The van der Waals surface area contributed by atoms with Gasteiger partial charge in [0, 0.05) is 17.1 Å². The Balaban J connectivity index is 1.66. The quantitative estimate of drug-likeness (QED) is 0.346. The average Bonchev–Trinajstić information content (AvgIpc) is 3.15. The van der Waals surface area contributed by atoms with E-state index in [1.807, 2.05) is 24.3 Å². The number of halogens is 1. The van der Waals surface area contributed by atoms with Crippen molar-refractivity contribution in [2.75, 3.05) is 11.4 Å². The molecule has 33 heavy (non-hydrogen) atoms.